The second kappa shape index (κ2) is 8.87. The van der Waals surface area contributed by atoms with E-state index in [2.05, 4.69) is 52.0 Å². The largest absolute Gasteiger partial charge is 0.289 e. The molecule has 1 heteroatoms. The van der Waals surface area contributed by atoms with Gasteiger partial charge in [-0.1, -0.05) is 83.4 Å². The van der Waals surface area contributed by atoms with Crippen LogP contribution in [0.3, 0.4) is 0 Å². The standard InChI is InChI=1S/C26H34O/c1-5-8-21-15-16-22(20-13-11-19(4)12-14-20)17-25(21)26(27)24-10-7-6-9-23(24)18(2)3/h6-7,9-10,15-20H,5,8,11-14H2,1-4H3. The minimum absolute atomic E-state index is 0.203. The van der Waals surface area contributed by atoms with Gasteiger partial charge in [-0.3, -0.25) is 4.79 Å². The van der Waals surface area contributed by atoms with Crippen molar-refractivity contribution in [1.82, 2.24) is 0 Å². The van der Waals surface area contributed by atoms with E-state index < -0.39 is 0 Å². The summed E-state index contributed by atoms with van der Waals surface area (Å²) in [5.74, 6) is 2.01. The van der Waals surface area contributed by atoms with Crippen LogP contribution in [-0.2, 0) is 6.42 Å². The number of carbonyl (C=O) groups excluding carboxylic acids is 1. The van der Waals surface area contributed by atoms with Gasteiger partial charge in [0.2, 0.25) is 0 Å². The summed E-state index contributed by atoms with van der Waals surface area (Å²) in [6.07, 6.45) is 7.15. The maximum Gasteiger partial charge on any atom is 0.193 e. The first kappa shape index (κ1) is 19.9. The normalized spacial score (nSPS) is 20.0. The molecule has 0 amide bonds. The fraction of sp³-hybridized carbons (Fsp3) is 0.500. The Hall–Kier alpha value is -1.89. The summed E-state index contributed by atoms with van der Waals surface area (Å²) in [5, 5.41) is 0. The van der Waals surface area contributed by atoms with Crippen molar-refractivity contribution in [2.24, 2.45) is 5.92 Å². The van der Waals surface area contributed by atoms with E-state index in [1.54, 1.807) is 0 Å². The van der Waals surface area contributed by atoms with Crippen molar-refractivity contribution < 1.29 is 4.79 Å². The highest BCUT2D eigenvalue weighted by Gasteiger charge is 2.23. The van der Waals surface area contributed by atoms with Crippen LogP contribution in [0.4, 0.5) is 0 Å². The molecular formula is C26H34O. The van der Waals surface area contributed by atoms with E-state index in [4.69, 9.17) is 0 Å². The van der Waals surface area contributed by atoms with E-state index in [0.717, 1.165) is 35.4 Å². The highest BCUT2D eigenvalue weighted by Crippen LogP contribution is 2.36. The van der Waals surface area contributed by atoms with E-state index in [1.165, 1.54) is 36.8 Å². The summed E-state index contributed by atoms with van der Waals surface area (Å²) in [6.45, 7) is 8.88. The van der Waals surface area contributed by atoms with Crippen LogP contribution in [0, 0.1) is 5.92 Å². The van der Waals surface area contributed by atoms with Gasteiger partial charge in [0.1, 0.15) is 0 Å². The van der Waals surface area contributed by atoms with E-state index in [1.807, 2.05) is 18.2 Å². The highest BCUT2D eigenvalue weighted by atomic mass is 16.1. The van der Waals surface area contributed by atoms with Gasteiger partial charge >= 0.3 is 0 Å². The van der Waals surface area contributed by atoms with Gasteiger partial charge in [-0.2, -0.15) is 0 Å². The van der Waals surface area contributed by atoms with Gasteiger partial charge < -0.3 is 0 Å². The highest BCUT2D eigenvalue weighted by molar-refractivity contribution is 6.11. The van der Waals surface area contributed by atoms with E-state index in [-0.39, 0.29) is 5.78 Å². The van der Waals surface area contributed by atoms with Crippen molar-refractivity contribution in [2.75, 3.05) is 0 Å². The fourth-order valence-corrected chi connectivity index (χ4v) is 4.49. The topological polar surface area (TPSA) is 17.1 Å². The zero-order valence-electron chi connectivity index (χ0n) is 17.4. The van der Waals surface area contributed by atoms with Crippen molar-refractivity contribution in [2.45, 2.75) is 78.1 Å². The quantitative estimate of drug-likeness (QED) is 0.493. The molecule has 1 aliphatic carbocycles. The maximum atomic E-state index is 13.6. The molecule has 0 spiro atoms. The first-order valence-electron chi connectivity index (χ1n) is 10.8. The van der Waals surface area contributed by atoms with Gasteiger partial charge in [-0.15, -0.1) is 0 Å². The molecule has 1 saturated carbocycles. The van der Waals surface area contributed by atoms with Crippen LogP contribution in [-0.4, -0.2) is 5.78 Å². The summed E-state index contributed by atoms with van der Waals surface area (Å²) in [6, 6.07) is 14.9. The summed E-state index contributed by atoms with van der Waals surface area (Å²) >= 11 is 0. The second-order valence-corrected chi connectivity index (χ2v) is 8.69. The Kier molecular flexibility index (Phi) is 6.52. The van der Waals surface area contributed by atoms with Crippen molar-refractivity contribution in [1.29, 1.82) is 0 Å². The number of rotatable bonds is 6. The molecule has 0 atom stereocenters. The Morgan fingerprint density at radius 1 is 1.00 bits per heavy atom. The molecule has 0 bridgehead atoms. The lowest BCUT2D eigenvalue weighted by Crippen LogP contribution is -2.13. The van der Waals surface area contributed by atoms with Crippen molar-refractivity contribution in [3.8, 4) is 0 Å². The lowest BCUT2D eigenvalue weighted by molar-refractivity contribution is 0.103. The number of hydrogen-bond donors (Lipinski definition) is 0. The van der Waals surface area contributed by atoms with Gasteiger partial charge in [0.05, 0.1) is 0 Å². The lowest BCUT2D eigenvalue weighted by Gasteiger charge is -2.27. The lowest BCUT2D eigenvalue weighted by atomic mass is 9.78. The molecular weight excluding hydrogens is 328 g/mol. The summed E-state index contributed by atoms with van der Waals surface area (Å²) in [7, 11) is 0. The third-order valence-electron chi connectivity index (χ3n) is 6.21. The second-order valence-electron chi connectivity index (χ2n) is 8.69. The van der Waals surface area contributed by atoms with Crippen LogP contribution in [0.1, 0.15) is 104 Å². The van der Waals surface area contributed by atoms with Crippen LogP contribution < -0.4 is 0 Å². The third-order valence-corrected chi connectivity index (χ3v) is 6.21. The van der Waals surface area contributed by atoms with E-state index in [0.29, 0.717) is 11.8 Å². The molecule has 2 aromatic carbocycles. The molecule has 27 heavy (non-hydrogen) atoms. The van der Waals surface area contributed by atoms with Crippen molar-refractivity contribution in [3.05, 3.63) is 70.3 Å². The van der Waals surface area contributed by atoms with Crippen LogP contribution in [0.5, 0.6) is 0 Å². The summed E-state index contributed by atoms with van der Waals surface area (Å²) in [4.78, 5) is 13.6. The summed E-state index contributed by atoms with van der Waals surface area (Å²) < 4.78 is 0. The molecule has 0 unspecified atom stereocenters. The van der Waals surface area contributed by atoms with Crippen LogP contribution >= 0.6 is 0 Å². The Balaban J connectivity index is 1.99. The number of ketones is 1. The van der Waals surface area contributed by atoms with Gasteiger partial charge in [0.15, 0.2) is 5.78 Å². The van der Waals surface area contributed by atoms with Gasteiger partial charge in [-0.05, 0) is 59.8 Å². The molecule has 3 rings (SSSR count). The molecule has 1 fully saturated rings. The van der Waals surface area contributed by atoms with E-state index in [9.17, 15) is 4.79 Å². The molecule has 0 heterocycles. The molecule has 1 nitrogen and oxygen atoms in total. The molecule has 0 radical (unpaired) electrons. The first-order chi connectivity index (χ1) is 13.0. The minimum Gasteiger partial charge on any atom is -0.289 e. The van der Waals surface area contributed by atoms with Gasteiger partial charge in [0.25, 0.3) is 0 Å². The molecule has 2 aromatic rings. The Morgan fingerprint density at radius 3 is 2.37 bits per heavy atom. The van der Waals surface area contributed by atoms with Crippen molar-refractivity contribution in [3.63, 3.8) is 0 Å². The molecule has 0 N–H and O–H groups in total. The van der Waals surface area contributed by atoms with Crippen LogP contribution in [0.25, 0.3) is 0 Å². The Labute approximate surface area is 165 Å². The van der Waals surface area contributed by atoms with Gasteiger partial charge in [0, 0.05) is 11.1 Å². The average Bonchev–Trinajstić information content (AvgIpc) is 2.68. The number of carbonyl (C=O) groups is 1. The smallest absolute Gasteiger partial charge is 0.193 e. The maximum absolute atomic E-state index is 13.6. The molecule has 0 saturated heterocycles. The number of aryl methyl sites for hydroxylation is 1. The average molecular weight is 363 g/mol. The monoisotopic (exact) mass is 362 g/mol. The number of hydrogen-bond acceptors (Lipinski definition) is 1. The molecule has 144 valence electrons. The van der Waals surface area contributed by atoms with Gasteiger partial charge in [-0.25, -0.2) is 0 Å². The Morgan fingerprint density at radius 2 is 1.70 bits per heavy atom. The molecule has 0 aromatic heterocycles. The van der Waals surface area contributed by atoms with Crippen molar-refractivity contribution >= 4 is 5.78 Å². The minimum atomic E-state index is 0.203. The van der Waals surface area contributed by atoms with E-state index >= 15 is 0 Å². The van der Waals surface area contributed by atoms with Crippen LogP contribution in [0.15, 0.2) is 42.5 Å². The first-order valence-corrected chi connectivity index (χ1v) is 10.8. The zero-order chi connectivity index (χ0) is 19.4. The van der Waals surface area contributed by atoms with Crippen LogP contribution in [0.2, 0.25) is 0 Å². The predicted molar refractivity (Wildman–Crippen MR) is 115 cm³/mol. The fourth-order valence-electron chi connectivity index (χ4n) is 4.49. The zero-order valence-corrected chi connectivity index (χ0v) is 17.4. The Bertz CT molecular complexity index is 779. The summed E-state index contributed by atoms with van der Waals surface area (Å²) in [5.41, 5.74) is 5.53. The SMILES string of the molecule is CCCc1ccc(C2CCC(C)CC2)cc1C(=O)c1ccccc1C(C)C. The molecule has 0 aliphatic heterocycles. The third kappa shape index (κ3) is 4.51. The predicted octanol–water partition coefficient (Wildman–Crippen LogP) is 7.29. The number of benzene rings is 2. The molecule has 1 aliphatic rings.